The van der Waals surface area contributed by atoms with Gasteiger partial charge in [-0.3, -0.25) is 9.69 Å². The van der Waals surface area contributed by atoms with E-state index in [1.54, 1.807) is 17.2 Å². The topological polar surface area (TPSA) is 71.0 Å². The number of rotatable bonds is 9. The molecule has 9 heteroatoms. The zero-order chi connectivity index (χ0) is 28.6. The smallest absolute Gasteiger partial charge is 0.257 e. The molecule has 212 valence electrons. The molecule has 0 bridgehead atoms. The molecule has 1 amide bonds. The van der Waals surface area contributed by atoms with Gasteiger partial charge in [-0.05, 0) is 70.5 Å². The lowest BCUT2D eigenvalue weighted by Gasteiger charge is -2.59. The molecule has 0 N–H and O–H groups in total. The van der Waals surface area contributed by atoms with Crippen molar-refractivity contribution in [2.75, 3.05) is 44.7 Å². The second-order valence-electron chi connectivity index (χ2n) is 11.5. The quantitative estimate of drug-likeness (QED) is 0.400. The summed E-state index contributed by atoms with van der Waals surface area (Å²) in [5, 5.41) is 0. The molecule has 1 saturated carbocycles. The van der Waals surface area contributed by atoms with E-state index in [0.29, 0.717) is 18.1 Å². The Hall–Kier alpha value is -3.72. The first-order valence-electron chi connectivity index (χ1n) is 13.8. The predicted molar refractivity (Wildman–Crippen MR) is 153 cm³/mol. The third-order valence-corrected chi connectivity index (χ3v) is 8.04. The highest BCUT2D eigenvalue weighted by Crippen LogP contribution is 2.52. The maximum Gasteiger partial charge on any atom is 0.257 e. The summed E-state index contributed by atoms with van der Waals surface area (Å²) in [6.45, 7) is 17.7. The maximum absolute atomic E-state index is 14.2. The van der Waals surface area contributed by atoms with Crippen LogP contribution in [0.3, 0.4) is 0 Å². The molecule has 0 radical (unpaired) electrons. The molecule has 1 aromatic heterocycles. The van der Waals surface area contributed by atoms with Gasteiger partial charge >= 0.3 is 0 Å². The van der Waals surface area contributed by atoms with Gasteiger partial charge in [0.25, 0.3) is 5.91 Å². The number of nitrogens with zero attached hydrogens (tertiary/aromatic N) is 5. The highest BCUT2D eigenvalue weighted by atomic mass is 19.1. The summed E-state index contributed by atoms with van der Waals surface area (Å²) in [7, 11) is 2.07. The van der Waals surface area contributed by atoms with Gasteiger partial charge in [0.2, 0.25) is 0 Å². The molecule has 0 unspecified atom stereocenters. The predicted octanol–water partition coefficient (Wildman–Crippen LogP) is 5.21. The highest BCUT2D eigenvalue weighted by Gasteiger charge is 2.54. The summed E-state index contributed by atoms with van der Waals surface area (Å²) in [5.41, 5.74) is 2.58. The Kier molecular flexibility index (Phi) is 7.68. The third-order valence-electron chi connectivity index (χ3n) is 8.04. The number of likely N-dealkylation sites (tertiary alicyclic amines) is 1. The fourth-order valence-corrected chi connectivity index (χ4v) is 6.09. The molecule has 1 aromatic carbocycles. The first kappa shape index (κ1) is 27.8. The van der Waals surface area contributed by atoms with Crippen LogP contribution in [0.25, 0.3) is 0 Å². The average molecular weight is 548 g/mol. The Morgan fingerprint density at radius 1 is 1.27 bits per heavy atom. The number of hydrogen-bond donors (Lipinski definition) is 0. The van der Waals surface area contributed by atoms with Crippen LogP contribution in [0.1, 0.15) is 44.0 Å². The van der Waals surface area contributed by atoms with Crippen molar-refractivity contribution in [3.8, 4) is 11.5 Å². The van der Waals surface area contributed by atoms with E-state index < -0.39 is 5.82 Å². The summed E-state index contributed by atoms with van der Waals surface area (Å²) >= 11 is 0. The van der Waals surface area contributed by atoms with Crippen LogP contribution in [0.2, 0.25) is 0 Å². The van der Waals surface area contributed by atoms with Crippen LogP contribution in [0, 0.1) is 11.2 Å². The lowest BCUT2D eigenvalue weighted by Crippen LogP contribution is -2.64. The van der Waals surface area contributed by atoms with Gasteiger partial charge < -0.3 is 19.3 Å². The van der Waals surface area contributed by atoms with Crippen molar-refractivity contribution in [1.82, 2.24) is 19.8 Å². The first-order valence-corrected chi connectivity index (χ1v) is 13.8. The molecule has 8 nitrogen and oxygen atoms in total. The lowest BCUT2D eigenvalue weighted by molar-refractivity contribution is -0.0645. The monoisotopic (exact) mass is 547 g/mol. The van der Waals surface area contributed by atoms with E-state index >= 15 is 0 Å². The maximum atomic E-state index is 14.2. The van der Waals surface area contributed by atoms with Crippen LogP contribution in [0.4, 0.5) is 10.2 Å². The second kappa shape index (κ2) is 11.0. The van der Waals surface area contributed by atoms with Gasteiger partial charge in [0.15, 0.2) is 11.6 Å². The second-order valence-corrected chi connectivity index (χ2v) is 11.5. The molecule has 1 aliphatic carbocycles. The molecular weight excluding hydrogens is 509 g/mol. The summed E-state index contributed by atoms with van der Waals surface area (Å²) in [6, 6.07) is 3.97. The van der Waals surface area contributed by atoms with Crippen LogP contribution >= 0.6 is 0 Å². The minimum absolute atomic E-state index is 0.0335. The summed E-state index contributed by atoms with van der Waals surface area (Å²) in [4.78, 5) is 27.9. The normalized spacial score (nSPS) is 19.9. The fourth-order valence-electron chi connectivity index (χ4n) is 6.09. The number of aromatic nitrogens is 2. The fraction of sp³-hybridized carbons (Fsp3) is 0.452. The zero-order valence-electron chi connectivity index (χ0n) is 23.8. The number of carbonyl (C=O) groups is 1. The molecule has 2 saturated heterocycles. The third kappa shape index (κ3) is 5.35. The zero-order valence-corrected chi connectivity index (χ0v) is 23.8. The molecule has 1 spiro atoms. The van der Waals surface area contributed by atoms with Crippen molar-refractivity contribution in [1.29, 1.82) is 0 Å². The number of ether oxygens (including phenoxy) is 2. The Balaban J connectivity index is 1.26. The minimum Gasteiger partial charge on any atom is -0.490 e. The van der Waals surface area contributed by atoms with Crippen molar-refractivity contribution < 1.29 is 18.7 Å². The van der Waals surface area contributed by atoms with Gasteiger partial charge in [-0.15, -0.1) is 0 Å². The van der Waals surface area contributed by atoms with Crippen molar-refractivity contribution in [2.45, 2.75) is 45.8 Å². The lowest BCUT2D eigenvalue weighted by atomic mass is 9.61. The van der Waals surface area contributed by atoms with E-state index in [1.165, 1.54) is 24.5 Å². The number of likely N-dealkylation sites (N-methyl/N-ethyl adjacent to an activating group) is 1. The van der Waals surface area contributed by atoms with E-state index in [4.69, 9.17) is 9.47 Å². The molecule has 0 atom stereocenters. The van der Waals surface area contributed by atoms with Gasteiger partial charge in [-0.25, -0.2) is 14.4 Å². The first-order chi connectivity index (χ1) is 19.1. The number of hydrogen-bond acceptors (Lipinski definition) is 7. The van der Waals surface area contributed by atoms with E-state index in [0.717, 1.165) is 55.9 Å². The number of benzene rings is 1. The summed E-state index contributed by atoms with van der Waals surface area (Å²) in [6.07, 6.45) is 6.94. The average Bonchev–Trinajstić information content (AvgIpc) is 3.21. The van der Waals surface area contributed by atoms with Crippen molar-refractivity contribution >= 4 is 11.7 Å². The number of allylic oxidation sites excluding steroid dienone is 1. The minimum atomic E-state index is -0.494. The molecule has 2 aliphatic heterocycles. The van der Waals surface area contributed by atoms with Crippen LogP contribution in [0.5, 0.6) is 11.5 Å². The molecule has 5 rings (SSSR count). The Morgan fingerprint density at radius 2 is 2.02 bits per heavy atom. The molecular formula is C31H38FN5O3. The Labute approximate surface area is 235 Å². The summed E-state index contributed by atoms with van der Waals surface area (Å²) in [5.74, 6) is 1.43. The largest absolute Gasteiger partial charge is 0.490 e. The van der Waals surface area contributed by atoms with Gasteiger partial charge in [0.05, 0.1) is 11.8 Å². The number of amides is 1. The van der Waals surface area contributed by atoms with E-state index in [1.807, 2.05) is 20.8 Å². The van der Waals surface area contributed by atoms with Gasteiger partial charge in [-0.1, -0.05) is 13.2 Å². The van der Waals surface area contributed by atoms with Crippen molar-refractivity contribution in [3.63, 3.8) is 0 Å². The van der Waals surface area contributed by atoms with Crippen LogP contribution in [-0.2, 0) is 4.74 Å². The van der Waals surface area contributed by atoms with Crippen molar-refractivity contribution in [2.24, 2.45) is 5.41 Å². The van der Waals surface area contributed by atoms with Crippen LogP contribution < -0.4 is 9.64 Å². The van der Waals surface area contributed by atoms with Crippen LogP contribution in [-0.4, -0.2) is 77.6 Å². The highest BCUT2D eigenvalue weighted by molar-refractivity contribution is 5.97. The van der Waals surface area contributed by atoms with Gasteiger partial charge in [0.1, 0.15) is 29.8 Å². The molecule has 3 aliphatic rings. The van der Waals surface area contributed by atoms with Crippen LogP contribution in [0.15, 0.2) is 66.9 Å². The van der Waals surface area contributed by atoms with Gasteiger partial charge in [0, 0.05) is 49.8 Å². The number of halogens is 1. The Bertz CT molecular complexity index is 1340. The van der Waals surface area contributed by atoms with E-state index in [2.05, 4.69) is 40.0 Å². The van der Waals surface area contributed by atoms with Gasteiger partial charge in [-0.2, -0.15) is 0 Å². The SMILES string of the molecule is C=C/C(OC1CC2(C1)CN(c1ncncc1Oc1ccc(F)cc1C(=O)N(CC)C(C)C)C2)=C1/CN(C)CC1=C. The number of anilines is 1. The number of carbonyl (C=O) groups excluding carboxylic acids is 1. The van der Waals surface area contributed by atoms with E-state index in [9.17, 15) is 9.18 Å². The molecule has 3 fully saturated rings. The van der Waals surface area contributed by atoms with E-state index in [-0.39, 0.29) is 34.8 Å². The standard InChI is InChI=1S/C31H38FN5O3/c1-7-26(25-16-35(6)15-21(25)5)39-23-12-31(13-23)17-36(18-31)29-28(14-33-19-34-29)40-27-10-9-22(32)11-24(27)30(38)37(8-2)20(3)4/h7,9-11,14,19-20,23H,1,5,8,12-13,15-18H2,2-4,6H3/b26-25+. The summed E-state index contributed by atoms with van der Waals surface area (Å²) < 4.78 is 26.7. The molecule has 2 aromatic rings. The molecule has 40 heavy (non-hydrogen) atoms. The Morgan fingerprint density at radius 3 is 2.65 bits per heavy atom. The molecule has 3 heterocycles. The van der Waals surface area contributed by atoms with Crippen molar-refractivity contribution in [3.05, 3.63) is 78.2 Å².